The molecule has 0 aliphatic carbocycles. The SMILES string of the molecule is CC[C@@H]1CSC2=N[C@@H](c3ccccn3)[C@@H](c3ccc(OC)c(C)c3)N21. The minimum absolute atomic E-state index is 0.0471. The molecule has 2 aromatic rings. The molecule has 0 saturated carbocycles. The predicted octanol–water partition coefficient (Wildman–Crippen LogP) is 4.38. The van der Waals surface area contributed by atoms with E-state index in [9.17, 15) is 0 Å². The number of hydrogen-bond acceptors (Lipinski definition) is 5. The van der Waals surface area contributed by atoms with E-state index in [2.05, 4.69) is 48.0 Å². The summed E-state index contributed by atoms with van der Waals surface area (Å²) in [4.78, 5) is 12.2. The molecular formula is C20H23N3OS. The lowest BCUT2D eigenvalue weighted by Crippen LogP contribution is -2.35. The number of thioether (sulfide) groups is 1. The Morgan fingerprint density at radius 1 is 1.28 bits per heavy atom. The fraction of sp³-hybridized carbons (Fsp3) is 0.400. The van der Waals surface area contributed by atoms with Crippen molar-refractivity contribution < 1.29 is 4.74 Å². The molecule has 5 heteroatoms. The van der Waals surface area contributed by atoms with E-state index < -0.39 is 0 Å². The molecule has 0 unspecified atom stereocenters. The van der Waals surface area contributed by atoms with Gasteiger partial charge in [-0.1, -0.05) is 36.9 Å². The Labute approximate surface area is 153 Å². The first kappa shape index (κ1) is 16.5. The van der Waals surface area contributed by atoms with E-state index in [1.807, 2.05) is 30.1 Å². The molecule has 4 nitrogen and oxygen atoms in total. The molecule has 25 heavy (non-hydrogen) atoms. The van der Waals surface area contributed by atoms with Crippen molar-refractivity contribution in [2.75, 3.05) is 12.9 Å². The van der Waals surface area contributed by atoms with Crippen molar-refractivity contribution in [3.05, 3.63) is 59.4 Å². The van der Waals surface area contributed by atoms with E-state index in [1.54, 1.807) is 7.11 Å². The van der Waals surface area contributed by atoms with Crippen molar-refractivity contribution >= 4 is 16.9 Å². The van der Waals surface area contributed by atoms with Gasteiger partial charge < -0.3 is 9.64 Å². The third kappa shape index (κ3) is 2.80. The van der Waals surface area contributed by atoms with Gasteiger partial charge in [0.1, 0.15) is 11.8 Å². The highest BCUT2D eigenvalue weighted by Crippen LogP contribution is 2.48. The monoisotopic (exact) mass is 353 g/mol. The van der Waals surface area contributed by atoms with Gasteiger partial charge in [0.05, 0.1) is 18.8 Å². The highest BCUT2D eigenvalue weighted by Gasteiger charge is 2.45. The first-order chi connectivity index (χ1) is 12.2. The summed E-state index contributed by atoms with van der Waals surface area (Å²) in [6.07, 6.45) is 2.99. The Morgan fingerprint density at radius 2 is 2.16 bits per heavy atom. The normalized spacial score (nSPS) is 25.0. The number of methoxy groups -OCH3 is 1. The summed E-state index contributed by atoms with van der Waals surface area (Å²) in [5.41, 5.74) is 3.49. The lowest BCUT2D eigenvalue weighted by Gasteiger charge is -2.32. The van der Waals surface area contributed by atoms with Gasteiger partial charge in [0.2, 0.25) is 0 Å². The first-order valence-corrected chi connectivity index (χ1v) is 9.76. The predicted molar refractivity (Wildman–Crippen MR) is 103 cm³/mol. The Morgan fingerprint density at radius 3 is 2.84 bits per heavy atom. The van der Waals surface area contributed by atoms with E-state index in [0.29, 0.717) is 6.04 Å². The molecule has 0 bridgehead atoms. The van der Waals surface area contributed by atoms with E-state index >= 15 is 0 Å². The van der Waals surface area contributed by atoms with Crippen LogP contribution in [0.4, 0.5) is 0 Å². The molecule has 1 saturated heterocycles. The number of aliphatic imine (C=N–C) groups is 1. The van der Waals surface area contributed by atoms with Crippen molar-refractivity contribution in [1.29, 1.82) is 0 Å². The van der Waals surface area contributed by atoms with E-state index in [0.717, 1.165) is 29.2 Å². The highest BCUT2D eigenvalue weighted by atomic mass is 32.2. The van der Waals surface area contributed by atoms with Crippen molar-refractivity contribution in [3.8, 4) is 5.75 Å². The highest BCUT2D eigenvalue weighted by molar-refractivity contribution is 8.14. The molecule has 0 N–H and O–H groups in total. The van der Waals surface area contributed by atoms with Crippen molar-refractivity contribution in [1.82, 2.24) is 9.88 Å². The van der Waals surface area contributed by atoms with Crippen molar-refractivity contribution in [2.24, 2.45) is 4.99 Å². The van der Waals surface area contributed by atoms with Crippen LogP contribution < -0.4 is 4.74 Å². The Hall–Kier alpha value is -2.01. The second kappa shape index (κ2) is 6.71. The smallest absolute Gasteiger partial charge is 0.160 e. The van der Waals surface area contributed by atoms with Crippen LogP contribution in [0, 0.1) is 6.92 Å². The number of nitrogens with zero attached hydrogens (tertiary/aromatic N) is 3. The van der Waals surface area contributed by atoms with Gasteiger partial charge in [0.25, 0.3) is 0 Å². The molecule has 3 heterocycles. The lowest BCUT2D eigenvalue weighted by atomic mass is 9.94. The molecule has 130 valence electrons. The molecular weight excluding hydrogens is 330 g/mol. The quantitative estimate of drug-likeness (QED) is 0.818. The van der Waals surface area contributed by atoms with Crippen LogP contribution >= 0.6 is 11.8 Å². The number of hydrogen-bond donors (Lipinski definition) is 0. The second-order valence-electron chi connectivity index (χ2n) is 6.57. The van der Waals surface area contributed by atoms with Crippen LogP contribution in [0.2, 0.25) is 0 Å². The minimum atomic E-state index is 0.0471. The van der Waals surface area contributed by atoms with Crippen molar-refractivity contribution in [2.45, 2.75) is 38.4 Å². The lowest BCUT2D eigenvalue weighted by molar-refractivity contribution is 0.255. The summed E-state index contributed by atoms with van der Waals surface area (Å²) in [7, 11) is 1.72. The summed E-state index contributed by atoms with van der Waals surface area (Å²) in [6.45, 7) is 4.36. The number of aromatic nitrogens is 1. The summed E-state index contributed by atoms with van der Waals surface area (Å²) >= 11 is 1.88. The number of benzene rings is 1. The third-order valence-corrected chi connectivity index (χ3v) is 6.22. The van der Waals surface area contributed by atoms with Crippen LogP contribution in [-0.2, 0) is 0 Å². The topological polar surface area (TPSA) is 37.7 Å². The van der Waals surface area contributed by atoms with E-state index in [-0.39, 0.29) is 12.1 Å². The summed E-state index contributed by atoms with van der Waals surface area (Å²) in [6, 6.07) is 13.4. The van der Waals surface area contributed by atoms with Gasteiger partial charge in [-0.25, -0.2) is 0 Å². The Balaban J connectivity index is 1.79. The van der Waals surface area contributed by atoms with Gasteiger partial charge in [-0.05, 0) is 42.7 Å². The number of pyridine rings is 1. The number of amidine groups is 1. The average molecular weight is 353 g/mol. The van der Waals surface area contributed by atoms with Crippen LogP contribution in [0.1, 0.15) is 42.2 Å². The fourth-order valence-corrected chi connectivity index (χ4v) is 5.13. The minimum Gasteiger partial charge on any atom is -0.496 e. The zero-order valence-corrected chi connectivity index (χ0v) is 15.7. The summed E-state index contributed by atoms with van der Waals surface area (Å²) in [5.74, 6) is 2.05. The van der Waals surface area contributed by atoms with Gasteiger partial charge in [0.15, 0.2) is 5.17 Å². The van der Waals surface area contributed by atoms with Gasteiger partial charge in [0, 0.05) is 18.0 Å². The largest absolute Gasteiger partial charge is 0.496 e. The summed E-state index contributed by atoms with van der Waals surface area (Å²) < 4.78 is 5.44. The van der Waals surface area contributed by atoms with Crippen LogP contribution in [0.15, 0.2) is 47.6 Å². The number of fused-ring (bicyclic) bond motifs is 1. The molecule has 0 radical (unpaired) electrons. The molecule has 3 atom stereocenters. The van der Waals surface area contributed by atoms with E-state index in [4.69, 9.17) is 9.73 Å². The zero-order valence-electron chi connectivity index (χ0n) is 14.8. The Bertz CT molecular complexity index is 793. The summed E-state index contributed by atoms with van der Waals surface area (Å²) in [5, 5.41) is 1.17. The Kier molecular flexibility index (Phi) is 4.42. The van der Waals surface area contributed by atoms with Crippen molar-refractivity contribution in [3.63, 3.8) is 0 Å². The van der Waals surface area contributed by atoms with Gasteiger partial charge in [-0.15, -0.1) is 0 Å². The molecule has 0 spiro atoms. The fourth-order valence-electron chi connectivity index (χ4n) is 3.80. The number of aryl methyl sites for hydroxylation is 1. The maximum absolute atomic E-state index is 5.44. The number of rotatable bonds is 4. The van der Waals surface area contributed by atoms with Crippen LogP contribution in [0.25, 0.3) is 0 Å². The molecule has 1 fully saturated rings. The average Bonchev–Trinajstić information content (AvgIpc) is 3.21. The standard InChI is InChI=1S/C20H23N3OS/c1-4-15-12-25-20-22-18(16-7-5-6-10-21-16)19(23(15)20)14-8-9-17(24-3)13(2)11-14/h5-11,15,18-19H,4,12H2,1-3H3/t15-,18+,19-/m1/s1. The molecule has 1 aromatic heterocycles. The van der Waals surface area contributed by atoms with Crippen LogP contribution in [0.5, 0.6) is 5.75 Å². The molecule has 4 rings (SSSR count). The van der Waals surface area contributed by atoms with E-state index in [1.165, 1.54) is 10.7 Å². The molecule has 2 aliphatic rings. The maximum Gasteiger partial charge on any atom is 0.160 e. The van der Waals surface area contributed by atoms with Gasteiger partial charge in [-0.3, -0.25) is 9.98 Å². The molecule has 2 aliphatic heterocycles. The third-order valence-electron chi connectivity index (χ3n) is 5.09. The second-order valence-corrected chi connectivity index (χ2v) is 7.55. The van der Waals surface area contributed by atoms with Crippen LogP contribution in [-0.4, -0.2) is 34.0 Å². The first-order valence-electron chi connectivity index (χ1n) is 8.77. The zero-order chi connectivity index (χ0) is 17.4. The van der Waals surface area contributed by atoms with Gasteiger partial charge >= 0.3 is 0 Å². The van der Waals surface area contributed by atoms with Gasteiger partial charge in [-0.2, -0.15) is 0 Å². The van der Waals surface area contributed by atoms with Crippen LogP contribution in [0.3, 0.4) is 0 Å². The molecule has 0 amide bonds. The number of ether oxygens (including phenoxy) is 1. The maximum atomic E-state index is 5.44. The molecule has 1 aromatic carbocycles.